The third-order valence-corrected chi connectivity index (χ3v) is 1.52. The van der Waals surface area contributed by atoms with Crippen LogP contribution in [0.1, 0.15) is 19.2 Å². The van der Waals surface area contributed by atoms with Crippen LogP contribution in [0.3, 0.4) is 0 Å². The molecule has 0 unspecified atom stereocenters. The standard InChI is InChI=1S/C7H8F2N2O2/c1-2-7(8,9)6-10-4(12)3-5(13)11-6/h3H,2H2,1H3,(H2,10,11,12,13). The molecule has 0 aliphatic heterocycles. The minimum atomic E-state index is -3.21. The molecule has 1 aromatic heterocycles. The summed E-state index contributed by atoms with van der Waals surface area (Å²) in [5.41, 5.74) is -0.796. The fraction of sp³-hybridized carbons (Fsp3) is 0.429. The Bertz CT molecular complexity index is 362. The van der Waals surface area contributed by atoms with Gasteiger partial charge in [-0.1, -0.05) is 6.92 Å². The van der Waals surface area contributed by atoms with Crippen molar-refractivity contribution in [1.29, 1.82) is 0 Å². The summed E-state index contributed by atoms with van der Waals surface area (Å²) < 4.78 is 25.8. The summed E-state index contributed by atoms with van der Waals surface area (Å²) in [6, 6.07) is 0.731. The zero-order chi connectivity index (χ0) is 10.1. The first kappa shape index (κ1) is 9.63. The largest absolute Gasteiger partial charge is 0.493 e. The number of H-pyrrole nitrogens is 1. The van der Waals surface area contributed by atoms with Crippen LogP contribution in [0.15, 0.2) is 10.9 Å². The molecule has 0 amide bonds. The van der Waals surface area contributed by atoms with Crippen LogP contribution >= 0.6 is 0 Å². The van der Waals surface area contributed by atoms with Crippen LogP contribution in [0.4, 0.5) is 8.78 Å². The number of aromatic hydroxyl groups is 1. The van der Waals surface area contributed by atoms with Crippen LogP contribution in [0.25, 0.3) is 0 Å². The summed E-state index contributed by atoms with van der Waals surface area (Å²) in [4.78, 5) is 15.7. The molecule has 0 saturated carbocycles. The molecule has 2 N–H and O–H groups in total. The second-order valence-electron chi connectivity index (χ2n) is 2.51. The molecule has 0 aliphatic carbocycles. The Hall–Kier alpha value is -1.46. The number of nitrogens with one attached hydrogen (secondary N) is 1. The van der Waals surface area contributed by atoms with Gasteiger partial charge in [0.05, 0.1) is 6.07 Å². The van der Waals surface area contributed by atoms with Gasteiger partial charge in [-0.2, -0.15) is 13.8 Å². The third-order valence-electron chi connectivity index (χ3n) is 1.52. The van der Waals surface area contributed by atoms with Gasteiger partial charge in [0.15, 0.2) is 5.82 Å². The molecule has 1 aromatic rings. The molecule has 13 heavy (non-hydrogen) atoms. The van der Waals surface area contributed by atoms with E-state index < -0.39 is 29.6 Å². The summed E-state index contributed by atoms with van der Waals surface area (Å²) in [5.74, 6) is -4.72. The van der Waals surface area contributed by atoms with Gasteiger partial charge in [-0.15, -0.1) is 0 Å². The van der Waals surface area contributed by atoms with Gasteiger partial charge in [0.25, 0.3) is 5.56 Å². The van der Waals surface area contributed by atoms with Gasteiger partial charge in [-0.3, -0.25) is 4.79 Å². The molecular weight excluding hydrogens is 182 g/mol. The van der Waals surface area contributed by atoms with Gasteiger partial charge in [0.2, 0.25) is 5.88 Å². The number of rotatable bonds is 2. The molecule has 0 atom stereocenters. The average molecular weight is 190 g/mol. The van der Waals surface area contributed by atoms with Crippen molar-refractivity contribution < 1.29 is 13.9 Å². The van der Waals surface area contributed by atoms with E-state index in [0.29, 0.717) is 0 Å². The van der Waals surface area contributed by atoms with Gasteiger partial charge in [-0.05, 0) is 0 Å². The summed E-state index contributed by atoms with van der Waals surface area (Å²) in [7, 11) is 0. The summed E-state index contributed by atoms with van der Waals surface area (Å²) in [5, 5.41) is 8.79. The molecule has 6 heteroatoms. The van der Waals surface area contributed by atoms with Gasteiger partial charge in [-0.25, -0.2) is 0 Å². The quantitative estimate of drug-likeness (QED) is 0.730. The van der Waals surface area contributed by atoms with E-state index >= 15 is 0 Å². The lowest BCUT2D eigenvalue weighted by Gasteiger charge is -2.11. The summed E-state index contributed by atoms with van der Waals surface area (Å²) in [6.45, 7) is 1.25. The third kappa shape index (κ3) is 2.01. The van der Waals surface area contributed by atoms with Crippen LogP contribution in [0.2, 0.25) is 0 Å². The first-order valence-electron chi connectivity index (χ1n) is 3.64. The molecule has 1 heterocycles. The van der Waals surface area contributed by atoms with Crippen LogP contribution < -0.4 is 5.56 Å². The predicted molar refractivity (Wildman–Crippen MR) is 40.7 cm³/mol. The van der Waals surface area contributed by atoms with E-state index in [1.165, 1.54) is 6.92 Å². The number of aromatic amines is 1. The van der Waals surface area contributed by atoms with Crippen molar-refractivity contribution in [2.45, 2.75) is 19.3 Å². The maximum absolute atomic E-state index is 12.9. The molecule has 4 nitrogen and oxygen atoms in total. The summed E-state index contributed by atoms with van der Waals surface area (Å²) in [6.07, 6.45) is -0.487. The van der Waals surface area contributed by atoms with Crippen molar-refractivity contribution in [3.05, 3.63) is 22.2 Å². The smallest absolute Gasteiger partial charge is 0.304 e. The SMILES string of the molecule is CCC(F)(F)c1nc(O)cc(=O)[nH]1. The Labute approximate surface area is 72.3 Å². The minimum absolute atomic E-state index is 0.487. The second-order valence-corrected chi connectivity index (χ2v) is 2.51. The van der Waals surface area contributed by atoms with Crippen LogP contribution in [0, 0.1) is 0 Å². The molecule has 0 fully saturated rings. The van der Waals surface area contributed by atoms with Crippen molar-refractivity contribution in [2.24, 2.45) is 0 Å². The van der Waals surface area contributed by atoms with E-state index in [2.05, 4.69) is 4.98 Å². The average Bonchev–Trinajstić information content (AvgIpc) is 2.02. The Morgan fingerprint density at radius 2 is 2.31 bits per heavy atom. The topological polar surface area (TPSA) is 66.0 Å². The molecule has 0 aliphatic rings. The minimum Gasteiger partial charge on any atom is -0.493 e. The normalized spacial score (nSPS) is 11.6. The highest BCUT2D eigenvalue weighted by molar-refractivity contribution is 5.09. The van der Waals surface area contributed by atoms with Gasteiger partial charge < -0.3 is 10.1 Å². The van der Waals surface area contributed by atoms with E-state index in [0.717, 1.165) is 6.07 Å². The van der Waals surface area contributed by atoms with Gasteiger partial charge >= 0.3 is 5.92 Å². The highest BCUT2D eigenvalue weighted by Crippen LogP contribution is 2.27. The maximum atomic E-state index is 12.9. The van der Waals surface area contributed by atoms with Gasteiger partial charge in [0, 0.05) is 6.42 Å². The van der Waals surface area contributed by atoms with Gasteiger partial charge in [0.1, 0.15) is 0 Å². The van der Waals surface area contributed by atoms with E-state index in [9.17, 15) is 13.6 Å². The van der Waals surface area contributed by atoms with Crippen molar-refractivity contribution in [2.75, 3.05) is 0 Å². The van der Waals surface area contributed by atoms with Crippen molar-refractivity contribution in [1.82, 2.24) is 9.97 Å². The molecule has 0 spiro atoms. The lowest BCUT2D eigenvalue weighted by Crippen LogP contribution is -2.21. The van der Waals surface area contributed by atoms with E-state index in [1.807, 2.05) is 4.98 Å². The molecular formula is C7H8F2N2O2. The van der Waals surface area contributed by atoms with Crippen LogP contribution in [-0.2, 0) is 5.92 Å². The molecule has 0 saturated heterocycles. The molecule has 1 rings (SSSR count). The molecule has 0 aromatic carbocycles. The Balaban J connectivity index is 3.23. The Kier molecular flexibility index (Phi) is 2.31. The van der Waals surface area contributed by atoms with E-state index in [1.54, 1.807) is 0 Å². The Morgan fingerprint density at radius 3 is 2.77 bits per heavy atom. The first-order chi connectivity index (χ1) is 5.95. The lowest BCUT2D eigenvalue weighted by molar-refractivity contribution is -0.0183. The Morgan fingerprint density at radius 1 is 1.69 bits per heavy atom. The lowest BCUT2D eigenvalue weighted by atomic mass is 10.2. The van der Waals surface area contributed by atoms with E-state index in [-0.39, 0.29) is 0 Å². The molecule has 72 valence electrons. The number of hydrogen-bond donors (Lipinski definition) is 2. The maximum Gasteiger partial charge on any atom is 0.304 e. The molecule has 0 bridgehead atoms. The van der Waals surface area contributed by atoms with Crippen molar-refractivity contribution in [3.8, 4) is 5.88 Å². The predicted octanol–water partition coefficient (Wildman–Crippen LogP) is 0.977. The fourth-order valence-electron chi connectivity index (χ4n) is 0.785. The first-order valence-corrected chi connectivity index (χ1v) is 3.64. The zero-order valence-corrected chi connectivity index (χ0v) is 6.84. The number of nitrogens with zero attached hydrogens (tertiary/aromatic N) is 1. The highest BCUT2D eigenvalue weighted by Gasteiger charge is 2.32. The number of halogens is 2. The highest BCUT2D eigenvalue weighted by atomic mass is 19.3. The number of alkyl halides is 2. The monoisotopic (exact) mass is 190 g/mol. The second kappa shape index (κ2) is 3.12. The van der Waals surface area contributed by atoms with Crippen molar-refractivity contribution >= 4 is 0 Å². The summed E-state index contributed by atoms with van der Waals surface area (Å²) >= 11 is 0. The van der Waals surface area contributed by atoms with Crippen molar-refractivity contribution in [3.63, 3.8) is 0 Å². The number of hydrogen-bond acceptors (Lipinski definition) is 3. The molecule has 0 radical (unpaired) electrons. The van der Waals surface area contributed by atoms with Crippen LogP contribution in [-0.4, -0.2) is 15.1 Å². The van der Waals surface area contributed by atoms with E-state index in [4.69, 9.17) is 5.11 Å². The zero-order valence-electron chi connectivity index (χ0n) is 6.84. The number of aromatic nitrogens is 2. The van der Waals surface area contributed by atoms with Crippen LogP contribution in [0.5, 0.6) is 5.88 Å². The fourth-order valence-corrected chi connectivity index (χ4v) is 0.785.